The van der Waals surface area contributed by atoms with Gasteiger partial charge in [0.05, 0.1) is 11.3 Å². The van der Waals surface area contributed by atoms with Gasteiger partial charge in [0.25, 0.3) is 0 Å². The molecule has 1 amide bonds. The van der Waals surface area contributed by atoms with Gasteiger partial charge in [0.1, 0.15) is 17.9 Å². The number of primary sulfonamides is 1. The Bertz CT molecular complexity index is 1420. The maximum absolute atomic E-state index is 13.5. The number of phenols is 1. The van der Waals surface area contributed by atoms with E-state index in [1.165, 1.54) is 23.3 Å². The number of esters is 1. The third kappa shape index (κ3) is 4.81. The van der Waals surface area contributed by atoms with Crippen LogP contribution in [0.1, 0.15) is 74.5 Å². The zero-order chi connectivity index (χ0) is 28.2. The monoisotopic (exact) mass is 566 g/mol. The number of hydrogen-bond acceptors (Lipinski definition) is 6. The predicted molar refractivity (Wildman–Crippen MR) is 149 cm³/mol. The lowest BCUT2D eigenvalue weighted by Crippen LogP contribution is -2.48. The Labute approximate surface area is 235 Å². The van der Waals surface area contributed by atoms with Crippen LogP contribution in [0.15, 0.2) is 47.4 Å². The Balaban J connectivity index is 1.11. The van der Waals surface area contributed by atoms with Gasteiger partial charge in [0.2, 0.25) is 15.9 Å². The van der Waals surface area contributed by atoms with E-state index in [2.05, 4.69) is 13.0 Å². The number of rotatable bonds is 5. The molecular weight excluding hydrogens is 528 g/mol. The first kappa shape index (κ1) is 27.3. The molecule has 0 aromatic heterocycles. The summed E-state index contributed by atoms with van der Waals surface area (Å²) in [5.74, 6) is 1.43. The number of carbonyl (C=O) groups is 2. The highest BCUT2D eigenvalue weighted by atomic mass is 32.2. The van der Waals surface area contributed by atoms with Gasteiger partial charge in [-0.1, -0.05) is 25.1 Å². The highest BCUT2D eigenvalue weighted by Gasteiger charge is 2.56. The van der Waals surface area contributed by atoms with Crippen LogP contribution in [0.2, 0.25) is 0 Å². The predicted octanol–water partition coefficient (Wildman–Crippen LogP) is 4.04. The molecule has 1 saturated heterocycles. The van der Waals surface area contributed by atoms with Crippen molar-refractivity contribution in [3.63, 3.8) is 0 Å². The van der Waals surface area contributed by atoms with E-state index in [0.717, 1.165) is 44.9 Å². The molecule has 3 N–H and O–H groups in total. The van der Waals surface area contributed by atoms with E-state index >= 15 is 0 Å². The summed E-state index contributed by atoms with van der Waals surface area (Å²) < 4.78 is 29.3. The Morgan fingerprint density at radius 1 is 1.07 bits per heavy atom. The number of nitrogens with zero attached hydrogens (tertiary/aromatic N) is 1. The number of ether oxygens (including phenoxy) is 1. The molecule has 2 aromatic rings. The molecule has 3 fully saturated rings. The summed E-state index contributed by atoms with van der Waals surface area (Å²) in [7, 11) is -3.80. The van der Waals surface area contributed by atoms with Crippen LogP contribution in [-0.2, 0) is 37.2 Å². The Morgan fingerprint density at radius 3 is 2.60 bits per heavy atom. The van der Waals surface area contributed by atoms with E-state index in [0.29, 0.717) is 42.0 Å². The fourth-order valence-corrected chi connectivity index (χ4v) is 8.83. The van der Waals surface area contributed by atoms with Crippen molar-refractivity contribution in [2.75, 3.05) is 6.54 Å². The Kier molecular flexibility index (Phi) is 6.94. The van der Waals surface area contributed by atoms with Gasteiger partial charge in [-0.2, -0.15) is 0 Å². The molecule has 3 aliphatic carbocycles. The van der Waals surface area contributed by atoms with Gasteiger partial charge in [-0.15, -0.1) is 0 Å². The summed E-state index contributed by atoms with van der Waals surface area (Å²) in [5.41, 5.74) is 3.26. The van der Waals surface area contributed by atoms with Crippen LogP contribution < -0.4 is 5.14 Å². The first-order chi connectivity index (χ1) is 19.0. The van der Waals surface area contributed by atoms with Gasteiger partial charge in [-0.25, -0.2) is 18.4 Å². The average molecular weight is 567 g/mol. The summed E-state index contributed by atoms with van der Waals surface area (Å²) in [6.07, 6.45) is 7.32. The summed E-state index contributed by atoms with van der Waals surface area (Å²) in [6, 6.07) is 11.2. The minimum Gasteiger partial charge on any atom is -0.508 e. The van der Waals surface area contributed by atoms with Crippen LogP contribution in [0.4, 0.5) is 0 Å². The molecule has 2 aromatic carbocycles. The van der Waals surface area contributed by atoms with Crippen molar-refractivity contribution in [2.24, 2.45) is 22.4 Å². The summed E-state index contributed by atoms with van der Waals surface area (Å²) >= 11 is 0. The first-order valence-electron chi connectivity index (χ1n) is 14.5. The minimum atomic E-state index is -3.80. The number of amides is 1. The SMILES string of the molecule is C[C@]12CC[C@@H]3c4ccc(O)cc4CC[C@H]3[C@@H]1CC[C@@H]2OC(=O)[C@@H]1CCCN1C(=O)Cc1ccc(S(N)(=O)=O)cc1. The van der Waals surface area contributed by atoms with Crippen LogP contribution in [0.5, 0.6) is 5.75 Å². The highest BCUT2D eigenvalue weighted by Crippen LogP contribution is 2.61. The van der Waals surface area contributed by atoms with Crippen molar-refractivity contribution in [2.45, 2.75) is 87.7 Å². The number of fused-ring (bicyclic) bond motifs is 5. The lowest BCUT2D eigenvalue weighted by Gasteiger charge is -2.50. The Hall–Kier alpha value is -2.91. The van der Waals surface area contributed by atoms with Crippen molar-refractivity contribution in [1.82, 2.24) is 4.90 Å². The van der Waals surface area contributed by atoms with E-state index in [9.17, 15) is 23.1 Å². The number of aromatic hydroxyl groups is 1. The second kappa shape index (κ2) is 10.2. The normalized spacial score (nSPS) is 31.2. The molecule has 0 radical (unpaired) electrons. The van der Waals surface area contributed by atoms with E-state index in [-0.39, 0.29) is 34.7 Å². The molecule has 1 heterocycles. The maximum Gasteiger partial charge on any atom is 0.329 e. The molecule has 8 nitrogen and oxygen atoms in total. The van der Waals surface area contributed by atoms with Crippen molar-refractivity contribution in [3.05, 3.63) is 59.2 Å². The standard InChI is InChI=1S/C31H38N2O6S/c1-31-15-14-24-23-11-7-21(34)18-20(23)6-10-25(24)26(31)12-13-28(31)39-30(36)27-3-2-16-33(27)29(35)17-19-4-8-22(9-5-19)40(32,37)38/h4-5,7-9,11,18,24-28,34H,2-3,6,10,12-17H2,1H3,(H2,32,37,38)/t24-,25-,26+,27+,28+,31+/m1/s1. The molecule has 4 aliphatic rings. The average Bonchev–Trinajstić information content (AvgIpc) is 3.53. The second-order valence-electron chi connectivity index (χ2n) is 12.5. The first-order valence-corrected chi connectivity index (χ1v) is 16.0. The molecule has 6 rings (SSSR count). The van der Waals surface area contributed by atoms with Crippen LogP contribution in [0.3, 0.4) is 0 Å². The summed E-state index contributed by atoms with van der Waals surface area (Å²) in [4.78, 5) is 28.3. The van der Waals surface area contributed by atoms with Crippen LogP contribution >= 0.6 is 0 Å². The minimum absolute atomic E-state index is 0.000421. The fraction of sp³-hybridized carbons (Fsp3) is 0.548. The van der Waals surface area contributed by atoms with Crippen molar-refractivity contribution >= 4 is 21.9 Å². The molecule has 6 atom stereocenters. The topological polar surface area (TPSA) is 127 Å². The fourth-order valence-electron chi connectivity index (χ4n) is 8.32. The molecule has 9 heteroatoms. The van der Waals surface area contributed by atoms with Gasteiger partial charge in [0, 0.05) is 12.0 Å². The number of benzene rings is 2. The molecule has 0 unspecified atom stereocenters. The smallest absolute Gasteiger partial charge is 0.329 e. The number of sulfonamides is 1. The van der Waals surface area contributed by atoms with Crippen LogP contribution in [0, 0.1) is 17.3 Å². The maximum atomic E-state index is 13.5. The molecule has 1 aliphatic heterocycles. The van der Waals surface area contributed by atoms with Crippen LogP contribution in [0.25, 0.3) is 0 Å². The highest BCUT2D eigenvalue weighted by molar-refractivity contribution is 7.89. The summed E-state index contributed by atoms with van der Waals surface area (Å²) in [6.45, 7) is 2.81. The van der Waals surface area contributed by atoms with Crippen LogP contribution in [-0.4, -0.2) is 49.0 Å². The lowest BCUT2D eigenvalue weighted by atomic mass is 9.55. The zero-order valence-corrected chi connectivity index (χ0v) is 23.7. The molecular formula is C31H38N2O6S. The number of nitrogens with two attached hydrogens (primary N) is 1. The molecule has 40 heavy (non-hydrogen) atoms. The number of likely N-dealkylation sites (tertiary alicyclic amines) is 1. The summed E-state index contributed by atoms with van der Waals surface area (Å²) in [5, 5.41) is 15.1. The number of aryl methyl sites for hydroxylation is 1. The van der Waals surface area contributed by atoms with E-state index < -0.39 is 16.1 Å². The second-order valence-corrected chi connectivity index (χ2v) is 14.0. The number of carbonyl (C=O) groups excluding carboxylic acids is 2. The van der Waals surface area contributed by atoms with Gasteiger partial charge in [-0.3, -0.25) is 4.79 Å². The molecule has 0 bridgehead atoms. The van der Waals surface area contributed by atoms with Gasteiger partial charge < -0.3 is 14.7 Å². The van der Waals surface area contributed by atoms with E-state index in [1.807, 2.05) is 12.1 Å². The number of phenolic OH excluding ortho intramolecular Hbond substituents is 1. The number of hydrogen-bond donors (Lipinski definition) is 2. The van der Waals surface area contributed by atoms with E-state index in [4.69, 9.17) is 9.88 Å². The molecule has 0 spiro atoms. The third-order valence-electron chi connectivity index (χ3n) is 10.3. The van der Waals surface area contributed by atoms with Gasteiger partial charge in [-0.05, 0) is 110 Å². The van der Waals surface area contributed by atoms with Crippen molar-refractivity contribution in [3.8, 4) is 5.75 Å². The largest absolute Gasteiger partial charge is 0.508 e. The Morgan fingerprint density at radius 2 is 1.85 bits per heavy atom. The van der Waals surface area contributed by atoms with E-state index in [1.54, 1.807) is 17.0 Å². The van der Waals surface area contributed by atoms with Gasteiger partial charge >= 0.3 is 5.97 Å². The van der Waals surface area contributed by atoms with Crippen molar-refractivity contribution < 1.29 is 27.9 Å². The van der Waals surface area contributed by atoms with Gasteiger partial charge in [0.15, 0.2) is 0 Å². The zero-order valence-electron chi connectivity index (χ0n) is 22.9. The lowest BCUT2D eigenvalue weighted by molar-refractivity contribution is -0.165. The third-order valence-corrected chi connectivity index (χ3v) is 11.3. The van der Waals surface area contributed by atoms with Crippen molar-refractivity contribution in [1.29, 1.82) is 0 Å². The molecule has 2 saturated carbocycles. The molecule has 214 valence electrons. The quantitative estimate of drug-likeness (QED) is 0.526.